The van der Waals surface area contributed by atoms with Gasteiger partial charge in [-0.25, -0.2) is 25.6 Å². The van der Waals surface area contributed by atoms with E-state index in [0.717, 1.165) is 24.5 Å². The van der Waals surface area contributed by atoms with Crippen LogP contribution in [0.1, 0.15) is 0 Å². The average molecular weight is 496 g/mol. The summed E-state index contributed by atoms with van der Waals surface area (Å²) in [6, 6.07) is 15.0. The smallest absolute Gasteiger partial charge is 0.261 e. The van der Waals surface area contributed by atoms with E-state index in [2.05, 4.69) is 10.0 Å². The van der Waals surface area contributed by atoms with Gasteiger partial charge in [-0.3, -0.25) is 13.8 Å². The molecule has 0 unspecified atom stereocenters. The van der Waals surface area contributed by atoms with Crippen molar-refractivity contribution in [2.24, 2.45) is 0 Å². The van der Waals surface area contributed by atoms with Gasteiger partial charge in [0.1, 0.15) is 18.2 Å². The highest BCUT2D eigenvalue weighted by molar-refractivity contribution is 7.92. The third-order valence-electron chi connectivity index (χ3n) is 4.35. The van der Waals surface area contributed by atoms with Crippen LogP contribution in [0.2, 0.25) is 0 Å². The minimum atomic E-state index is -3.96. The molecular formula is C21H19F2N3O5S2. The number of amides is 1. The van der Waals surface area contributed by atoms with Gasteiger partial charge in [-0.2, -0.15) is 0 Å². The normalized spacial score (nSPS) is 11.6. The van der Waals surface area contributed by atoms with Crippen LogP contribution >= 0.6 is 0 Å². The minimum Gasteiger partial charge on any atom is -0.325 e. The van der Waals surface area contributed by atoms with Crippen LogP contribution in [0, 0.1) is 11.6 Å². The number of carbonyl (C=O) groups is 1. The molecule has 0 aliphatic heterocycles. The highest BCUT2D eigenvalue weighted by Crippen LogP contribution is 2.22. The van der Waals surface area contributed by atoms with Crippen LogP contribution in [-0.2, 0) is 24.8 Å². The number of nitrogens with one attached hydrogen (secondary N) is 2. The number of benzene rings is 3. The predicted octanol–water partition coefficient (Wildman–Crippen LogP) is 3.17. The number of hydrogen-bond acceptors (Lipinski definition) is 5. The Balaban J connectivity index is 1.71. The van der Waals surface area contributed by atoms with E-state index in [9.17, 15) is 30.4 Å². The van der Waals surface area contributed by atoms with Gasteiger partial charge in [0, 0.05) is 11.4 Å². The van der Waals surface area contributed by atoms with E-state index in [1.807, 2.05) is 0 Å². The second-order valence-corrected chi connectivity index (χ2v) is 10.5. The van der Waals surface area contributed by atoms with E-state index < -0.39 is 44.1 Å². The Kier molecular flexibility index (Phi) is 6.98. The summed E-state index contributed by atoms with van der Waals surface area (Å²) < 4.78 is 79.1. The second-order valence-electron chi connectivity index (χ2n) is 6.91. The van der Waals surface area contributed by atoms with Crippen LogP contribution < -0.4 is 14.3 Å². The van der Waals surface area contributed by atoms with Crippen molar-refractivity contribution in [3.63, 3.8) is 0 Å². The molecule has 2 N–H and O–H groups in total. The lowest BCUT2D eigenvalue weighted by atomic mass is 10.3. The fourth-order valence-corrected chi connectivity index (χ4v) is 4.73. The summed E-state index contributed by atoms with van der Waals surface area (Å²) >= 11 is 0. The number of carbonyl (C=O) groups excluding carboxylic acids is 1. The van der Waals surface area contributed by atoms with Gasteiger partial charge in [-0.1, -0.05) is 12.1 Å². The molecule has 0 saturated heterocycles. The quantitative estimate of drug-likeness (QED) is 0.499. The fourth-order valence-electron chi connectivity index (χ4n) is 2.82. The molecule has 1 amide bonds. The number of halogens is 2. The predicted molar refractivity (Wildman–Crippen MR) is 121 cm³/mol. The Labute approximate surface area is 190 Å². The van der Waals surface area contributed by atoms with Crippen molar-refractivity contribution in [2.45, 2.75) is 4.90 Å². The lowest BCUT2D eigenvalue weighted by Gasteiger charge is -2.22. The highest BCUT2D eigenvalue weighted by atomic mass is 32.2. The number of anilines is 3. The summed E-state index contributed by atoms with van der Waals surface area (Å²) in [6.07, 6.45) is 0.848. The van der Waals surface area contributed by atoms with E-state index in [4.69, 9.17) is 0 Å². The molecule has 0 radical (unpaired) electrons. The van der Waals surface area contributed by atoms with Crippen LogP contribution in [0.3, 0.4) is 0 Å². The molecule has 3 aromatic rings. The lowest BCUT2D eigenvalue weighted by Crippen LogP contribution is -2.38. The molecule has 0 aliphatic rings. The van der Waals surface area contributed by atoms with Crippen LogP contribution in [0.15, 0.2) is 77.7 Å². The van der Waals surface area contributed by atoms with Crippen LogP contribution in [0.25, 0.3) is 0 Å². The molecule has 0 saturated carbocycles. The van der Waals surface area contributed by atoms with Crippen molar-refractivity contribution in [3.05, 3.63) is 84.4 Å². The van der Waals surface area contributed by atoms with E-state index in [1.54, 1.807) is 0 Å². The van der Waals surface area contributed by atoms with E-state index in [-0.39, 0.29) is 22.0 Å². The maximum Gasteiger partial charge on any atom is 0.261 e. The van der Waals surface area contributed by atoms with Crippen LogP contribution in [0.4, 0.5) is 25.8 Å². The van der Waals surface area contributed by atoms with Crippen LogP contribution in [-0.4, -0.2) is 35.5 Å². The van der Waals surface area contributed by atoms with Crippen molar-refractivity contribution in [3.8, 4) is 0 Å². The zero-order chi connectivity index (χ0) is 24.2. The first-order chi connectivity index (χ1) is 15.5. The van der Waals surface area contributed by atoms with Crippen molar-refractivity contribution in [1.29, 1.82) is 0 Å². The van der Waals surface area contributed by atoms with Gasteiger partial charge in [0.2, 0.25) is 15.9 Å². The van der Waals surface area contributed by atoms with Gasteiger partial charge in [0.25, 0.3) is 10.0 Å². The molecule has 8 nitrogen and oxygen atoms in total. The number of rotatable bonds is 8. The Morgan fingerprint density at radius 3 is 2.00 bits per heavy atom. The minimum absolute atomic E-state index is 0.117. The van der Waals surface area contributed by atoms with Crippen molar-refractivity contribution < 1.29 is 30.4 Å². The van der Waals surface area contributed by atoms with Crippen molar-refractivity contribution in [1.82, 2.24) is 0 Å². The Morgan fingerprint density at radius 1 is 0.848 bits per heavy atom. The first-order valence-electron chi connectivity index (χ1n) is 9.36. The summed E-state index contributed by atoms with van der Waals surface area (Å²) in [5.74, 6) is -2.08. The van der Waals surface area contributed by atoms with E-state index >= 15 is 0 Å². The summed E-state index contributed by atoms with van der Waals surface area (Å²) in [5, 5.41) is 2.44. The van der Waals surface area contributed by atoms with Crippen molar-refractivity contribution >= 4 is 43.0 Å². The van der Waals surface area contributed by atoms with Crippen molar-refractivity contribution in [2.75, 3.05) is 27.1 Å². The topological polar surface area (TPSA) is 113 Å². The molecular weight excluding hydrogens is 476 g/mol. The van der Waals surface area contributed by atoms with Gasteiger partial charge in [-0.05, 0) is 60.7 Å². The molecule has 12 heteroatoms. The standard InChI is InChI=1S/C21H19F2N3O5S2/c1-32(28,29)26(20-5-3-2-4-19(20)23)14-21(27)24-16-10-12-18(13-11-16)33(30,31)25-17-8-6-15(22)7-9-17/h2-13,25H,14H2,1H3,(H,24,27). The van der Waals surface area contributed by atoms with Gasteiger partial charge < -0.3 is 5.32 Å². The number of para-hydroxylation sites is 1. The highest BCUT2D eigenvalue weighted by Gasteiger charge is 2.23. The second kappa shape index (κ2) is 9.55. The molecule has 174 valence electrons. The maximum absolute atomic E-state index is 14.1. The number of sulfonamides is 2. The molecule has 0 heterocycles. The summed E-state index contributed by atoms with van der Waals surface area (Å²) in [5.41, 5.74) is 0.0916. The molecule has 0 atom stereocenters. The lowest BCUT2D eigenvalue weighted by molar-refractivity contribution is -0.114. The fraction of sp³-hybridized carbons (Fsp3) is 0.0952. The molecule has 3 rings (SSSR count). The molecule has 0 aromatic heterocycles. The summed E-state index contributed by atoms with van der Waals surface area (Å²) in [7, 11) is -7.93. The number of hydrogen-bond donors (Lipinski definition) is 2. The third-order valence-corrected chi connectivity index (χ3v) is 6.88. The zero-order valence-electron chi connectivity index (χ0n) is 17.2. The zero-order valence-corrected chi connectivity index (χ0v) is 18.8. The van der Waals surface area contributed by atoms with Gasteiger partial charge in [-0.15, -0.1) is 0 Å². The first kappa shape index (κ1) is 24.1. The monoisotopic (exact) mass is 495 g/mol. The summed E-state index contributed by atoms with van der Waals surface area (Å²) in [4.78, 5) is 12.3. The van der Waals surface area contributed by atoms with Crippen LogP contribution in [0.5, 0.6) is 0 Å². The molecule has 0 aliphatic carbocycles. The third kappa shape index (κ3) is 6.26. The first-order valence-corrected chi connectivity index (χ1v) is 12.7. The van der Waals surface area contributed by atoms with E-state index in [1.165, 1.54) is 54.6 Å². The summed E-state index contributed by atoms with van der Waals surface area (Å²) in [6.45, 7) is -0.689. The van der Waals surface area contributed by atoms with Gasteiger partial charge in [0.05, 0.1) is 16.8 Å². The maximum atomic E-state index is 14.1. The van der Waals surface area contributed by atoms with Gasteiger partial charge in [0.15, 0.2) is 0 Å². The largest absolute Gasteiger partial charge is 0.325 e. The number of nitrogens with zero attached hydrogens (tertiary/aromatic N) is 1. The molecule has 33 heavy (non-hydrogen) atoms. The molecule has 3 aromatic carbocycles. The van der Waals surface area contributed by atoms with E-state index in [0.29, 0.717) is 4.31 Å². The Morgan fingerprint density at radius 2 is 1.42 bits per heavy atom. The SMILES string of the molecule is CS(=O)(=O)N(CC(=O)Nc1ccc(S(=O)(=O)Nc2ccc(F)cc2)cc1)c1ccccc1F. The molecule has 0 bridgehead atoms. The Bertz CT molecular complexity index is 1360. The average Bonchev–Trinajstić information content (AvgIpc) is 2.74. The molecule has 0 spiro atoms. The Hall–Kier alpha value is -3.51. The van der Waals surface area contributed by atoms with Gasteiger partial charge >= 0.3 is 0 Å². The molecule has 0 fully saturated rings.